The molecule has 3 rings (SSSR count). The van der Waals surface area contributed by atoms with E-state index in [9.17, 15) is 4.79 Å². The van der Waals surface area contributed by atoms with E-state index in [1.807, 2.05) is 4.90 Å². The lowest BCUT2D eigenvalue weighted by atomic mass is 10.1. The molecule has 2 aliphatic rings. The van der Waals surface area contributed by atoms with Gasteiger partial charge in [0.25, 0.3) is 0 Å². The van der Waals surface area contributed by atoms with Crippen LogP contribution in [0.4, 0.5) is 0 Å². The van der Waals surface area contributed by atoms with Crippen molar-refractivity contribution in [2.75, 3.05) is 26.3 Å². The zero-order valence-corrected chi connectivity index (χ0v) is 10.6. The van der Waals surface area contributed by atoms with Crippen LogP contribution in [-0.4, -0.2) is 37.0 Å². The van der Waals surface area contributed by atoms with Gasteiger partial charge in [-0.3, -0.25) is 4.79 Å². The molecule has 4 nitrogen and oxygen atoms in total. The number of carbonyl (C=O) groups excluding carboxylic acids is 1. The highest BCUT2D eigenvalue weighted by atomic mass is 16.6. The van der Waals surface area contributed by atoms with Crippen LogP contribution < -0.4 is 9.47 Å². The van der Waals surface area contributed by atoms with Crippen LogP contribution >= 0.6 is 0 Å². The second kappa shape index (κ2) is 5.23. The molecule has 98 valence electrons. The van der Waals surface area contributed by atoms with E-state index < -0.39 is 0 Å². The van der Waals surface area contributed by atoms with E-state index in [2.05, 4.69) is 12.0 Å². The maximum absolute atomic E-state index is 12.0. The largest absolute Gasteiger partial charge is 0.486 e. The van der Waals surface area contributed by atoms with E-state index in [0.29, 0.717) is 30.3 Å². The van der Waals surface area contributed by atoms with Gasteiger partial charge in [0.05, 0.1) is 0 Å². The molecule has 1 saturated heterocycles. The molecule has 0 aliphatic carbocycles. The van der Waals surface area contributed by atoms with Crippen molar-refractivity contribution in [1.82, 2.24) is 4.90 Å². The molecule has 0 atom stereocenters. The zero-order valence-electron chi connectivity index (χ0n) is 10.6. The van der Waals surface area contributed by atoms with Gasteiger partial charge in [-0.25, -0.2) is 0 Å². The van der Waals surface area contributed by atoms with Crippen molar-refractivity contribution in [3.8, 4) is 23.5 Å². The SMILES string of the molecule is O=C(C#CN1CCCC1)c1ccc2c(c1)OCCO2. The van der Waals surface area contributed by atoms with Crippen LogP contribution in [0.25, 0.3) is 0 Å². The Kier molecular flexibility index (Phi) is 3.28. The van der Waals surface area contributed by atoms with Gasteiger partial charge < -0.3 is 14.4 Å². The molecule has 19 heavy (non-hydrogen) atoms. The third-order valence-electron chi connectivity index (χ3n) is 3.24. The smallest absolute Gasteiger partial charge is 0.237 e. The van der Waals surface area contributed by atoms with Crippen LogP contribution in [0.3, 0.4) is 0 Å². The predicted molar refractivity (Wildman–Crippen MR) is 70.3 cm³/mol. The molecular weight excluding hydrogens is 242 g/mol. The number of hydrogen-bond donors (Lipinski definition) is 0. The summed E-state index contributed by atoms with van der Waals surface area (Å²) >= 11 is 0. The number of fused-ring (bicyclic) bond motifs is 1. The molecule has 0 spiro atoms. The lowest BCUT2D eigenvalue weighted by Gasteiger charge is -2.18. The van der Waals surface area contributed by atoms with Gasteiger partial charge in [0.1, 0.15) is 13.2 Å². The summed E-state index contributed by atoms with van der Waals surface area (Å²) in [6, 6.07) is 8.12. The number of carbonyl (C=O) groups is 1. The summed E-state index contributed by atoms with van der Waals surface area (Å²) in [5.74, 6) is 3.83. The maximum atomic E-state index is 12.0. The number of hydrogen-bond acceptors (Lipinski definition) is 4. The molecule has 0 amide bonds. The lowest BCUT2D eigenvalue weighted by Crippen LogP contribution is -2.15. The first-order valence-electron chi connectivity index (χ1n) is 6.53. The molecule has 0 saturated carbocycles. The third-order valence-corrected chi connectivity index (χ3v) is 3.24. The highest BCUT2D eigenvalue weighted by Gasteiger charge is 2.14. The Balaban J connectivity index is 1.76. The lowest BCUT2D eigenvalue weighted by molar-refractivity contribution is 0.105. The van der Waals surface area contributed by atoms with Crippen molar-refractivity contribution >= 4 is 5.78 Å². The maximum Gasteiger partial charge on any atom is 0.237 e. The Morgan fingerprint density at radius 3 is 2.63 bits per heavy atom. The Morgan fingerprint density at radius 2 is 1.84 bits per heavy atom. The van der Waals surface area contributed by atoms with Crippen molar-refractivity contribution in [3.63, 3.8) is 0 Å². The van der Waals surface area contributed by atoms with Gasteiger partial charge in [-0.05, 0) is 37.0 Å². The van der Waals surface area contributed by atoms with Gasteiger partial charge in [-0.15, -0.1) is 0 Å². The molecule has 0 N–H and O–H groups in total. The minimum atomic E-state index is -0.177. The Labute approximate surface area is 112 Å². The van der Waals surface area contributed by atoms with Gasteiger partial charge >= 0.3 is 0 Å². The van der Waals surface area contributed by atoms with Crippen LogP contribution in [0.1, 0.15) is 23.2 Å². The standard InChI is InChI=1S/C15H15NO3/c17-13(5-8-16-6-1-2-7-16)12-3-4-14-15(11-12)19-10-9-18-14/h3-4,11H,1-2,6-7,9-10H2. The third kappa shape index (κ3) is 2.65. The van der Waals surface area contributed by atoms with Crippen LogP contribution in [-0.2, 0) is 0 Å². The predicted octanol–water partition coefficient (Wildman–Crippen LogP) is 1.70. The molecule has 0 bridgehead atoms. The minimum absolute atomic E-state index is 0.177. The second-order valence-electron chi connectivity index (χ2n) is 4.62. The molecular formula is C15H15NO3. The molecule has 1 fully saturated rings. The average molecular weight is 257 g/mol. The second-order valence-corrected chi connectivity index (χ2v) is 4.62. The molecule has 4 heteroatoms. The summed E-state index contributed by atoms with van der Waals surface area (Å²) in [4.78, 5) is 14.0. The number of rotatable bonds is 1. The van der Waals surface area contributed by atoms with Crippen LogP contribution in [0.2, 0.25) is 0 Å². The van der Waals surface area contributed by atoms with Crippen molar-refractivity contribution < 1.29 is 14.3 Å². The topological polar surface area (TPSA) is 38.8 Å². The first-order chi connectivity index (χ1) is 9.33. The van der Waals surface area contributed by atoms with Crippen molar-refractivity contribution in [1.29, 1.82) is 0 Å². The van der Waals surface area contributed by atoms with Crippen LogP contribution in [0.5, 0.6) is 11.5 Å². The fourth-order valence-corrected chi connectivity index (χ4v) is 2.22. The van der Waals surface area contributed by atoms with Crippen LogP contribution in [0, 0.1) is 12.0 Å². The molecule has 2 heterocycles. The quantitative estimate of drug-likeness (QED) is 0.567. The fraction of sp³-hybridized carbons (Fsp3) is 0.400. The number of likely N-dealkylation sites (tertiary alicyclic amines) is 1. The van der Waals surface area contributed by atoms with E-state index in [1.165, 1.54) is 0 Å². The Morgan fingerprint density at radius 1 is 1.11 bits per heavy atom. The molecule has 1 aromatic rings. The summed E-state index contributed by atoms with van der Waals surface area (Å²) in [7, 11) is 0. The monoisotopic (exact) mass is 257 g/mol. The van der Waals surface area contributed by atoms with Gasteiger partial charge in [0, 0.05) is 24.7 Å². The first kappa shape index (κ1) is 11.9. The summed E-state index contributed by atoms with van der Waals surface area (Å²) in [6.45, 7) is 2.99. The first-order valence-corrected chi connectivity index (χ1v) is 6.53. The molecule has 1 aromatic carbocycles. The van der Waals surface area contributed by atoms with E-state index in [-0.39, 0.29) is 5.78 Å². The highest BCUT2D eigenvalue weighted by Crippen LogP contribution is 2.30. The van der Waals surface area contributed by atoms with Gasteiger partial charge in [-0.1, -0.05) is 0 Å². The number of ether oxygens (including phenoxy) is 2. The molecule has 2 aliphatic heterocycles. The fourth-order valence-electron chi connectivity index (χ4n) is 2.22. The summed E-state index contributed by atoms with van der Waals surface area (Å²) in [5.41, 5.74) is 0.552. The molecule has 0 unspecified atom stereocenters. The number of ketones is 1. The van der Waals surface area contributed by atoms with E-state index in [4.69, 9.17) is 9.47 Å². The molecule has 0 radical (unpaired) electrons. The number of nitrogens with zero attached hydrogens (tertiary/aromatic N) is 1. The van der Waals surface area contributed by atoms with E-state index in [0.717, 1.165) is 25.9 Å². The summed E-state index contributed by atoms with van der Waals surface area (Å²) in [5, 5.41) is 0. The summed E-state index contributed by atoms with van der Waals surface area (Å²) < 4.78 is 10.9. The zero-order chi connectivity index (χ0) is 13.1. The van der Waals surface area contributed by atoms with E-state index in [1.54, 1.807) is 18.2 Å². The number of benzene rings is 1. The molecule has 0 aromatic heterocycles. The van der Waals surface area contributed by atoms with E-state index >= 15 is 0 Å². The highest BCUT2D eigenvalue weighted by molar-refractivity contribution is 6.09. The van der Waals surface area contributed by atoms with Gasteiger partial charge in [-0.2, -0.15) is 0 Å². The van der Waals surface area contributed by atoms with Crippen LogP contribution in [0.15, 0.2) is 18.2 Å². The normalized spacial score (nSPS) is 16.7. The average Bonchev–Trinajstić information content (AvgIpc) is 2.97. The van der Waals surface area contributed by atoms with Crippen molar-refractivity contribution in [3.05, 3.63) is 23.8 Å². The summed E-state index contributed by atoms with van der Waals surface area (Å²) in [6.07, 6.45) is 2.32. The number of Topliss-reactive ketones (excluding diaryl/α,β-unsaturated/α-hetero) is 1. The van der Waals surface area contributed by atoms with Gasteiger partial charge in [0.2, 0.25) is 5.78 Å². The van der Waals surface area contributed by atoms with Crippen molar-refractivity contribution in [2.24, 2.45) is 0 Å². The van der Waals surface area contributed by atoms with Gasteiger partial charge in [0.15, 0.2) is 11.5 Å². The Hall–Kier alpha value is -2.15. The minimum Gasteiger partial charge on any atom is -0.486 e. The Bertz CT molecular complexity index is 550. The van der Waals surface area contributed by atoms with Crippen molar-refractivity contribution in [2.45, 2.75) is 12.8 Å².